The predicted octanol–water partition coefficient (Wildman–Crippen LogP) is 10.5. The molecule has 0 aliphatic rings. The molecule has 0 saturated heterocycles. The third-order valence-corrected chi connectivity index (χ3v) is 9.36. The van der Waals surface area contributed by atoms with Gasteiger partial charge in [0.25, 0.3) is 0 Å². The number of ether oxygens (including phenoxy) is 4. The van der Waals surface area contributed by atoms with Gasteiger partial charge < -0.3 is 29.2 Å². The van der Waals surface area contributed by atoms with Gasteiger partial charge >= 0.3 is 17.9 Å². The normalized spacial score (nSPS) is 13.6. The van der Waals surface area contributed by atoms with Gasteiger partial charge in [0.15, 0.2) is 6.29 Å². The van der Waals surface area contributed by atoms with E-state index in [-0.39, 0.29) is 38.6 Å². The van der Waals surface area contributed by atoms with Crippen molar-refractivity contribution in [2.24, 2.45) is 17.8 Å². The van der Waals surface area contributed by atoms with E-state index >= 15 is 0 Å². The molecule has 304 valence electrons. The van der Waals surface area contributed by atoms with E-state index in [0.717, 1.165) is 77.0 Å². The number of hydrogen-bond donors (Lipinski definition) is 2. The van der Waals surface area contributed by atoms with Crippen LogP contribution < -0.4 is 0 Å². The van der Waals surface area contributed by atoms with Gasteiger partial charge in [0.1, 0.15) is 0 Å². The Morgan fingerprint density at radius 1 is 0.577 bits per heavy atom. The Kier molecular flexibility index (Phi) is 35.5. The maximum Gasteiger partial charge on any atom is 0.308 e. The third kappa shape index (κ3) is 31.3. The molecule has 0 aromatic heterocycles. The minimum Gasteiger partial charge on any atom is -0.481 e. The van der Waals surface area contributed by atoms with E-state index < -0.39 is 30.1 Å². The van der Waals surface area contributed by atoms with E-state index in [0.29, 0.717) is 44.8 Å². The van der Waals surface area contributed by atoms with Gasteiger partial charge in [0.05, 0.1) is 38.1 Å². The van der Waals surface area contributed by atoms with Gasteiger partial charge in [-0.1, -0.05) is 103 Å². The molecule has 0 fully saturated rings. The van der Waals surface area contributed by atoms with Crippen molar-refractivity contribution in [3.05, 3.63) is 24.3 Å². The lowest BCUT2D eigenvalue weighted by Gasteiger charge is -2.22. The fourth-order valence-electron chi connectivity index (χ4n) is 6.03. The number of aliphatic hydroxyl groups excluding tert-OH is 1. The summed E-state index contributed by atoms with van der Waals surface area (Å²) in [5, 5.41) is 19.1. The lowest BCUT2D eigenvalue weighted by molar-refractivity contribution is -0.161. The number of carbonyl (C=O) groups excluding carboxylic acids is 2. The molecule has 0 aromatic rings. The monoisotopic (exact) mass is 739 g/mol. The minimum atomic E-state index is -0.874. The van der Waals surface area contributed by atoms with Crippen molar-refractivity contribution in [1.82, 2.24) is 0 Å². The van der Waals surface area contributed by atoms with Gasteiger partial charge in [0, 0.05) is 26.1 Å². The first kappa shape index (κ1) is 49.8. The minimum absolute atomic E-state index is 0.0134. The third-order valence-electron chi connectivity index (χ3n) is 9.36. The number of esters is 2. The van der Waals surface area contributed by atoms with Gasteiger partial charge in [-0.2, -0.15) is 0 Å². The number of allylic oxidation sites excluding steroid dienone is 4. The van der Waals surface area contributed by atoms with Crippen LogP contribution in [0.25, 0.3) is 0 Å². The summed E-state index contributed by atoms with van der Waals surface area (Å²) in [7, 11) is 0. The summed E-state index contributed by atoms with van der Waals surface area (Å²) in [6, 6.07) is 0. The second-order valence-electron chi connectivity index (χ2n) is 14.2. The number of carbonyl (C=O) groups is 3. The molecule has 0 aliphatic heterocycles. The summed E-state index contributed by atoms with van der Waals surface area (Å²) >= 11 is 0. The van der Waals surface area contributed by atoms with Crippen molar-refractivity contribution in [1.29, 1.82) is 0 Å². The van der Waals surface area contributed by atoms with Gasteiger partial charge in [0.2, 0.25) is 0 Å². The Balaban J connectivity index is 4.96. The zero-order chi connectivity index (χ0) is 38.5. The van der Waals surface area contributed by atoms with Crippen LogP contribution in [0.2, 0.25) is 0 Å². The first-order chi connectivity index (χ1) is 25.3. The highest BCUT2D eigenvalue weighted by atomic mass is 16.7. The van der Waals surface area contributed by atoms with E-state index in [1.807, 2.05) is 0 Å². The van der Waals surface area contributed by atoms with Gasteiger partial charge in [-0.3, -0.25) is 14.4 Å². The summed E-state index contributed by atoms with van der Waals surface area (Å²) in [6.45, 7) is 9.35. The van der Waals surface area contributed by atoms with Crippen LogP contribution in [0, 0.1) is 17.8 Å². The highest BCUT2D eigenvalue weighted by Crippen LogP contribution is 2.27. The van der Waals surface area contributed by atoms with E-state index in [2.05, 4.69) is 52.0 Å². The lowest BCUT2D eigenvalue weighted by Crippen LogP contribution is -2.27. The zero-order valence-corrected chi connectivity index (χ0v) is 33.7. The average Bonchev–Trinajstić information content (AvgIpc) is 3.13. The standard InChI is InChI=1S/C43H78O9/c1-5-9-13-16-18-21-32-49-42(50-33-22-19-17-14-10-6-2)31-30-41(47)51-35-38(34-44)36-52-43(48)39(26-23-27-40(45)46)29-28-37(24-12-8-4)25-20-15-11-7-3/h9-10,13-14,37-39,42,44H,5-8,11-12,15-36H2,1-4H3,(H,45,46)/b13-9-,14-10-. The molecule has 0 saturated carbocycles. The van der Waals surface area contributed by atoms with Gasteiger partial charge in [-0.15, -0.1) is 0 Å². The molecule has 0 heterocycles. The number of aliphatic carboxylic acids is 1. The zero-order valence-electron chi connectivity index (χ0n) is 33.7. The molecular weight excluding hydrogens is 660 g/mol. The SMILES string of the molecule is CC/C=C\CCCCOC(CCC(=O)OCC(CO)COC(=O)C(CCCC(=O)O)CCC(CCCC)CCCCCC)OCCCC/C=C\CC. The Labute approximate surface area is 317 Å². The molecular formula is C43H78O9. The van der Waals surface area contributed by atoms with Crippen molar-refractivity contribution in [3.8, 4) is 0 Å². The topological polar surface area (TPSA) is 129 Å². The maximum atomic E-state index is 13.2. The number of carboxylic acid groups (broad SMARTS) is 1. The summed E-state index contributed by atoms with van der Waals surface area (Å²) in [4.78, 5) is 37.1. The highest BCUT2D eigenvalue weighted by molar-refractivity contribution is 5.72. The van der Waals surface area contributed by atoms with Crippen LogP contribution in [0.1, 0.15) is 175 Å². The molecule has 9 nitrogen and oxygen atoms in total. The maximum absolute atomic E-state index is 13.2. The highest BCUT2D eigenvalue weighted by Gasteiger charge is 2.24. The predicted molar refractivity (Wildman–Crippen MR) is 210 cm³/mol. The number of aliphatic hydroxyl groups is 1. The van der Waals surface area contributed by atoms with Crippen LogP contribution in [0.5, 0.6) is 0 Å². The van der Waals surface area contributed by atoms with E-state index in [4.69, 9.17) is 24.1 Å². The van der Waals surface area contributed by atoms with Crippen LogP contribution in [-0.4, -0.2) is 67.4 Å². The second kappa shape index (κ2) is 37.1. The molecule has 9 heteroatoms. The Hall–Kier alpha value is -2.23. The lowest BCUT2D eigenvalue weighted by atomic mass is 9.86. The fraction of sp³-hybridized carbons (Fsp3) is 0.837. The molecule has 52 heavy (non-hydrogen) atoms. The van der Waals surface area contributed by atoms with Crippen molar-refractivity contribution < 1.29 is 43.5 Å². The van der Waals surface area contributed by atoms with Crippen LogP contribution >= 0.6 is 0 Å². The number of rotatable bonds is 38. The second-order valence-corrected chi connectivity index (χ2v) is 14.2. The molecule has 3 unspecified atom stereocenters. The molecule has 0 rings (SSSR count). The Morgan fingerprint density at radius 2 is 1.19 bits per heavy atom. The quantitative estimate of drug-likeness (QED) is 0.0275. The van der Waals surface area contributed by atoms with E-state index in [1.165, 1.54) is 32.1 Å². The van der Waals surface area contributed by atoms with Crippen LogP contribution in [0.4, 0.5) is 0 Å². The largest absolute Gasteiger partial charge is 0.481 e. The van der Waals surface area contributed by atoms with Crippen molar-refractivity contribution in [2.75, 3.05) is 33.0 Å². The van der Waals surface area contributed by atoms with Crippen molar-refractivity contribution in [2.45, 2.75) is 182 Å². The summed E-state index contributed by atoms with van der Waals surface area (Å²) in [5.74, 6) is -2.04. The number of carboxylic acids is 1. The van der Waals surface area contributed by atoms with Crippen LogP contribution in [0.15, 0.2) is 24.3 Å². The average molecular weight is 739 g/mol. The van der Waals surface area contributed by atoms with E-state index in [9.17, 15) is 19.5 Å². The van der Waals surface area contributed by atoms with E-state index in [1.54, 1.807) is 0 Å². The molecule has 0 radical (unpaired) electrons. The van der Waals surface area contributed by atoms with Crippen molar-refractivity contribution >= 4 is 17.9 Å². The summed E-state index contributed by atoms with van der Waals surface area (Å²) in [6.07, 6.45) is 28.7. The smallest absolute Gasteiger partial charge is 0.308 e. The summed E-state index contributed by atoms with van der Waals surface area (Å²) in [5.41, 5.74) is 0. The fourth-order valence-corrected chi connectivity index (χ4v) is 6.03. The molecule has 0 aromatic carbocycles. The number of hydrogen-bond acceptors (Lipinski definition) is 8. The first-order valence-electron chi connectivity index (χ1n) is 21.0. The van der Waals surface area contributed by atoms with Gasteiger partial charge in [-0.25, -0.2) is 0 Å². The molecule has 3 atom stereocenters. The molecule has 0 bridgehead atoms. The molecule has 0 aliphatic carbocycles. The van der Waals surface area contributed by atoms with Crippen molar-refractivity contribution in [3.63, 3.8) is 0 Å². The Bertz CT molecular complexity index is 879. The molecule has 0 amide bonds. The van der Waals surface area contributed by atoms with Gasteiger partial charge in [-0.05, 0) is 83.0 Å². The summed E-state index contributed by atoms with van der Waals surface area (Å²) < 4.78 is 23.1. The molecule has 0 spiro atoms. The Morgan fingerprint density at radius 3 is 1.77 bits per heavy atom. The number of unbranched alkanes of at least 4 members (excludes halogenated alkanes) is 8. The van der Waals surface area contributed by atoms with Crippen LogP contribution in [0.3, 0.4) is 0 Å². The van der Waals surface area contributed by atoms with Crippen LogP contribution in [-0.2, 0) is 33.3 Å². The first-order valence-corrected chi connectivity index (χ1v) is 21.0. The molecule has 2 N–H and O–H groups in total.